The summed E-state index contributed by atoms with van der Waals surface area (Å²) in [5.74, 6) is -1.31. The molecule has 0 spiro atoms. The molecule has 2 unspecified atom stereocenters. The first-order chi connectivity index (χ1) is 8.41. The van der Waals surface area contributed by atoms with Crippen molar-refractivity contribution < 1.29 is 18.9 Å². The first kappa shape index (κ1) is 14.4. The van der Waals surface area contributed by atoms with E-state index >= 15 is 0 Å². The minimum absolute atomic E-state index is 0.146. The number of aromatic nitrogens is 2. The molecule has 2 atom stereocenters. The molecule has 0 fully saturated rings. The van der Waals surface area contributed by atoms with Crippen LogP contribution in [0.1, 0.15) is 34.3 Å². The van der Waals surface area contributed by atoms with Gasteiger partial charge in [0.25, 0.3) is 5.91 Å². The summed E-state index contributed by atoms with van der Waals surface area (Å²) in [6, 6.07) is -0.195. The number of nitrogens with zero attached hydrogens (tertiary/aromatic N) is 1. The quantitative estimate of drug-likeness (QED) is 0.675. The number of aromatic amines is 1. The molecule has 1 aromatic rings. The van der Waals surface area contributed by atoms with Crippen molar-refractivity contribution in [1.29, 1.82) is 0 Å². The molecule has 0 aliphatic carbocycles. The molecule has 0 aromatic carbocycles. The molecule has 1 aromatic heterocycles. The Morgan fingerprint density at radius 1 is 1.61 bits per heavy atom. The van der Waals surface area contributed by atoms with Gasteiger partial charge >= 0.3 is 5.97 Å². The highest BCUT2D eigenvalue weighted by atomic mass is 32.2. The van der Waals surface area contributed by atoms with Crippen LogP contribution in [0, 0.1) is 0 Å². The van der Waals surface area contributed by atoms with Gasteiger partial charge in [-0.3, -0.25) is 9.00 Å². The van der Waals surface area contributed by atoms with Crippen molar-refractivity contribution in [3.05, 3.63) is 17.7 Å². The van der Waals surface area contributed by atoms with Gasteiger partial charge in [-0.15, -0.1) is 0 Å². The summed E-state index contributed by atoms with van der Waals surface area (Å²) in [5.41, 5.74) is -0.384. The summed E-state index contributed by atoms with van der Waals surface area (Å²) < 4.78 is 10.9. The van der Waals surface area contributed by atoms with Crippen LogP contribution in [0.25, 0.3) is 0 Å². The Balaban J connectivity index is 2.62. The summed E-state index contributed by atoms with van der Waals surface area (Å²) in [5, 5.41) is 11.4. The Hall–Kier alpha value is -1.70. The van der Waals surface area contributed by atoms with Crippen LogP contribution in [-0.2, 0) is 10.8 Å². The lowest BCUT2D eigenvalue weighted by atomic mass is 10.2. The van der Waals surface area contributed by atoms with Crippen LogP contribution in [0.15, 0.2) is 6.33 Å². The molecule has 18 heavy (non-hydrogen) atoms. The van der Waals surface area contributed by atoms with E-state index < -0.39 is 22.7 Å². The normalized spacial score (nSPS) is 13.9. The Morgan fingerprint density at radius 2 is 2.28 bits per heavy atom. The first-order valence-electron chi connectivity index (χ1n) is 5.29. The van der Waals surface area contributed by atoms with Crippen molar-refractivity contribution in [1.82, 2.24) is 15.3 Å². The van der Waals surface area contributed by atoms with E-state index in [1.54, 1.807) is 13.2 Å². The fourth-order valence-electron chi connectivity index (χ4n) is 1.34. The van der Waals surface area contributed by atoms with Crippen LogP contribution in [-0.4, -0.2) is 49.2 Å². The molecule has 8 heteroatoms. The third-order valence-electron chi connectivity index (χ3n) is 2.28. The van der Waals surface area contributed by atoms with Gasteiger partial charge in [-0.25, -0.2) is 9.78 Å². The molecule has 100 valence electrons. The molecule has 3 N–H and O–H groups in total. The highest BCUT2D eigenvalue weighted by Crippen LogP contribution is 2.04. The molecular formula is C10H15N3O4S. The van der Waals surface area contributed by atoms with Crippen molar-refractivity contribution >= 4 is 22.7 Å². The largest absolute Gasteiger partial charge is 0.477 e. The number of carboxylic acids is 1. The van der Waals surface area contributed by atoms with Crippen LogP contribution in [0.5, 0.6) is 0 Å². The first-order valence-corrected chi connectivity index (χ1v) is 7.02. The van der Waals surface area contributed by atoms with Crippen LogP contribution in [0.4, 0.5) is 0 Å². The number of imidazole rings is 1. The number of hydrogen-bond acceptors (Lipinski definition) is 4. The fourth-order valence-corrected chi connectivity index (χ4v) is 2.02. The minimum Gasteiger partial charge on any atom is -0.477 e. The Morgan fingerprint density at radius 3 is 2.83 bits per heavy atom. The number of hydrogen-bond donors (Lipinski definition) is 3. The maximum absolute atomic E-state index is 11.8. The SMILES string of the molecule is CC(CCS(C)=O)NC(=O)c1nc[nH]c1C(=O)O. The zero-order chi connectivity index (χ0) is 13.7. The second-order valence-corrected chi connectivity index (χ2v) is 5.43. The number of amides is 1. The van der Waals surface area contributed by atoms with Gasteiger partial charge in [0, 0.05) is 28.9 Å². The molecular weight excluding hydrogens is 258 g/mol. The number of H-pyrrole nitrogens is 1. The molecule has 0 aliphatic rings. The predicted molar refractivity (Wildman–Crippen MR) is 66.0 cm³/mol. The highest BCUT2D eigenvalue weighted by molar-refractivity contribution is 7.84. The highest BCUT2D eigenvalue weighted by Gasteiger charge is 2.20. The van der Waals surface area contributed by atoms with Crippen LogP contribution < -0.4 is 5.32 Å². The van der Waals surface area contributed by atoms with Gasteiger partial charge < -0.3 is 15.4 Å². The summed E-state index contributed by atoms with van der Waals surface area (Å²) >= 11 is 0. The Bertz CT molecular complexity index is 471. The van der Waals surface area contributed by atoms with Gasteiger partial charge in [-0.2, -0.15) is 0 Å². The van der Waals surface area contributed by atoms with Gasteiger partial charge in [0.1, 0.15) is 0 Å². The molecule has 0 saturated carbocycles. The fraction of sp³-hybridized carbons (Fsp3) is 0.500. The Kier molecular flexibility index (Phi) is 5.02. The number of aromatic carboxylic acids is 1. The average Bonchev–Trinajstić information content (AvgIpc) is 2.75. The monoisotopic (exact) mass is 273 g/mol. The van der Waals surface area contributed by atoms with E-state index in [-0.39, 0.29) is 17.4 Å². The van der Waals surface area contributed by atoms with Crippen LogP contribution >= 0.6 is 0 Å². The molecule has 0 saturated heterocycles. The van der Waals surface area contributed by atoms with Gasteiger partial charge in [0.2, 0.25) is 0 Å². The van der Waals surface area contributed by atoms with E-state index in [1.165, 1.54) is 0 Å². The second-order valence-electron chi connectivity index (χ2n) is 3.87. The van der Waals surface area contributed by atoms with E-state index in [2.05, 4.69) is 15.3 Å². The van der Waals surface area contributed by atoms with Crippen LogP contribution in [0.2, 0.25) is 0 Å². The molecule has 0 radical (unpaired) electrons. The zero-order valence-corrected chi connectivity index (χ0v) is 10.9. The maximum atomic E-state index is 11.8. The van der Waals surface area contributed by atoms with Gasteiger partial charge in [-0.1, -0.05) is 0 Å². The van der Waals surface area contributed by atoms with Gasteiger partial charge in [0.15, 0.2) is 11.4 Å². The third kappa shape index (κ3) is 3.95. The van der Waals surface area contributed by atoms with Gasteiger partial charge in [0.05, 0.1) is 6.33 Å². The lowest BCUT2D eigenvalue weighted by Gasteiger charge is -2.12. The molecule has 0 bridgehead atoms. The van der Waals surface area contributed by atoms with E-state index in [0.717, 1.165) is 6.33 Å². The minimum atomic E-state index is -1.24. The zero-order valence-electron chi connectivity index (χ0n) is 10.1. The summed E-state index contributed by atoms with van der Waals surface area (Å²) in [7, 11) is -0.917. The van der Waals surface area contributed by atoms with Crippen molar-refractivity contribution in [2.75, 3.05) is 12.0 Å². The lowest BCUT2D eigenvalue weighted by molar-refractivity contribution is 0.0684. The standard InChI is InChI=1S/C10H15N3O4S/c1-6(3-4-18(2)17)13-9(14)7-8(10(15)16)12-5-11-7/h5-6H,3-4H2,1-2H3,(H,11,12)(H,13,14)(H,15,16). The number of nitrogens with one attached hydrogen (secondary N) is 2. The summed E-state index contributed by atoms with van der Waals surface area (Å²) in [6.45, 7) is 1.76. The van der Waals surface area contributed by atoms with Crippen molar-refractivity contribution in [3.8, 4) is 0 Å². The lowest BCUT2D eigenvalue weighted by Crippen LogP contribution is -2.34. The topological polar surface area (TPSA) is 112 Å². The molecule has 7 nitrogen and oxygen atoms in total. The van der Waals surface area contributed by atoms with E-state index in [4.69, 9.17) is 5.11 Å². The number of rotatable bonds is 6. The van der Waals surface area contributed by atoms with E-state index in [1.807, 2.05) is 0 Å². The smallest absolute Gasteiger partial charge is 0.354 e. The number of carboxylic acid groups (broad SMARTS) is 1. The molecule has 1 amide bonds. The number of carbonyl (C=O) groups excluding carboxylic acids is 1. The van der Waals surface area contributed by atoms with Crippen molar-refractivity contribution in [2.24, 2.45) is 0 Å². The second kappa shape index (κ2) is 6.29. The van der Waals surface area contributed by atoms with Gasteiger partial charge in [-0.05, 0) is 13.3 Å². The Labute approximate surface area is 106 Å². The molecule has 1 rings (SSSR count). The van der Waals surface area contributed by atoms with Crippen LogP contribution in [0.3, 0.4) is 0 Å². The maximum Gasteiger partial charge on any atom is 0.354 e. The average molecular weight is 273 g/mol. The molecule has 1 heterocycles. The third-order valence-corrected chi connectivity index (χ3v) is 3.09. The number of carbonyl (C=O) groups is 2. The summed E-state index contributed by atoms with van der Waals surface area (Å²) in [6.07, 6.45) is 3.30. The van der Waals surface area contributed by atoms with Crippen molar-refractivity contribution in [3.63, 3.8) is 0 Å². The van der Waals surface area contributed by atoms with E-state index in [9.17, 15) is 13.8 Å². The predicted octanol–water partition coefficient (Wildman–Crippen LogP) is -0.00520. The van der Waals surface area contributed by atoms with Crippen molar-refractivity contribution in [2.45, 2.75) is 19.4 Å². The van der Waals surface area contributed by atoms with E-state index in [0.29, 0.717) is 12.2 Å². The summed E-state index contributed by atoms with van der Waals surface area (Å²) in [4.78, 5) is 28.6. The molecule has 0 aliphatic heterocycles.